The minimum atomic E-state index is -0.0907. The lowest BCUT2D eigenvalue weighted by molar-refractivity contribution is 1.07. The molecule has 4 nitrogen and oxygen atoms in total. The molecule has 3 heterocycles. The predicted molar refractivity (Wildman–Crippen MR) is 85.1 cm³/mol. The van der Waals surface area contributed by atoms with Crippen LogP contribution in [0.5, 0.6) is 0 Å². The van der Waals surface area contributed by atoms with Crippen molar-refractivity contribution in [3.63, 3.8) is 0 Å². The third-order valence-corrected chi connectivity index (χ3v) is 4.21. The van der Waals surface area contributed by atoms with Crippen molar-refractivity contribution in [2.75, 3.05) is 0 Å². The topological polar surface area (TPSA) is 47.3 Å². The van der Waals surface area contributed by atoms with E-state index in [0.717, 1.165) is 11.4 Å². The average molecular weight is 348 g/mol. The summed E-state index contributed by atoms with van der Waals surface area (Å²) in [5, 5.41) is 1.84. The molecule has 0 N–H and O–H groups in total. The monoisotopic (exact) mass is 347 g/mol. The van der Waals surface area contributed by atoms with Crippen molar-refractivity contribution in [3.05, 3.63) is 63.3 Å². The molecule has 0 unspecified atom stereocenters. The molecule has 0 saturated carbocycles. The number of thiazole rings is 1. The lowest BCUT2D eigenvalue weighted by Crippen LogP contribution is -2.15. The normalized spacial score (nSPS) is 12.0. The number of hydrogen-bond acceptors (Lipinski definition) is 4. The number of aromatic nitrogens is 3. The largest absolute Gasteiger partial charge is 0.268 e. The van der Waals surface area contributed by atoms with Crippen molar-refractivity contribution in [1.29, 1.82) is 0 Å². The lowest BCUT2D eigenvalue weighted by atomic mass is 10.2. The van der Waals surface area contributed by atoms with E-state index >= 15 is 0 Å². The number of halogens is 1. The third-order valence-electron chi connectivity index (χ3n) is 2.78. The van der Waals surface area contributed by atoms with E-state index < -0.39 is 0 Å². The second-order valence-electron chi connectivity index (χ2n) is 4.23. The van der Waals surface area contributed by atoms with Crippen LogP contribution in [0.2, 0.25) is 0 Å². The Morgan fingerprint density at radius 1 is 1.45 bits per heavy atom. The van der Waals surface area contributed by atoms with Gasteiger partial charge in [-0.05, 0) is 41.1 Å². The predicted octanol–water partition coefficient (Wildman–Crippen LogP) is 3.35. The fourth-order valence-electron chi connectivity index (χ4n) is 1.84. The van der Waals surface area contributed by atoms with E-state index in [1.807, 2.05) is 36.6 Å². The maximum atomic E-state index is 12.3. The molecule has 0 aliphatic carbocycles. The first-order valence-electron chi connectivity index (χ1n) is 5.91. The van der Waals surface area contributed by atoms with E-state index in [-0.39, 0.29) is 5.56 Å². The van der Waals surface area contributed by atoms with Crippen LogP contribution in [-0.2, 0) is 0 Å². The standard InChI is InChI=1S/C14H10BrN3OS/c1-9-3-2-4-10(17-9)7-12(15)11-8-16-14-18(13(11)19)5-6-20-14/h2-8H,1H3/b12-7+. The van der Waals surface area contributed by atoms with Gasteiger partial charge in [-0.3, -0.25) is 14.2 Å². The first-order valence-corrected chi connectivity index (χ1v) is 7.58. The summed E-state index contributed by atoms with van der Waals surface area (Å²) >= 11 is 4.88. The number of pyridine rings is 1. The SMILES string of the molecule is Cc1cccc(/C=C(/Br)c2cnc3sccn3c2=O)n1. The van der Waals surface area contributed by atoms with Gasteiger partial charge in [-0.1, -0.05) is 6.07 Å². The fraction of sp³-hybridized carbons (Fsp3) is 0.0714. The zero-order chi connectivity index (χ0) is 14.1. The summed E-state index contributed by atoms with van der Waals surface area (Å²) in [4.78, 5) is 21.7. The molecule has 3 aromatic heterocycles. The van der Waals surface area contributed by atoms with Gasteiger partial charge in [0, 0.05) is 28.0 Å². The third kappa shape index (κ3) is 2.44. The van der Waals surface area contributed by atoms with Crippen LogP contribution in [0.15, 0.2) is 40.8 Å². The van der Waals surface area contributed by atoms with Gasteiger partial charge in [-0.15, -0.1) is 11.3 Å². The van der Waals surface area contributed by atoms with Crippen molar-refractivity contribution in [2.45, 2.75) is 6.92 Å². The summed E-state index contributed by atoms with van der Waals surface area (Å²) in [7, 11) is 0. The van der Waals surface area contributed by atoms with Crippen molar-refractivity contribution in [1.82, 2.24) is 14.4 Å². The van der Waals surface area contributed by atoms with Gasteiger partial charge in [0.15, 0.2) is 4.96 Å². The van der Waals surface area contributed by atoms with Crippen LogP contribution in [0.1, 0.15) is 17.0 Å². The number of aryl methyl sites for hydroxylation is 1. The summed E-state index contributed by atoms with van der Waals surface area (Å²) in [5.41, 5.74) is 2.16. The van der Waals surface area contributed by atoms with E-state index in [4.69, 9.17) is 0 Å². The number of fused-ring (bicyclic) bond motifs is 1. The van der Waals surface area contributed by atoms with Crippen LogP contribution in [0.25, 0.3) is 15.5 Å². The highest BCUT2D eigenvalue weighted by Crippen LogP contribution is 2.21. The van der Waals surface area contributed by atoms with E-state index in [0.29, 0.717) is 15.0 Å². The molecule has 100 valence electrons. The van der Waals surface area contributed by atoms with Gasteiger partial charge in [-0.25, -0.2) is 4.98 Å². The smallest absolute Gasteiger partial charge is 0.266 e. The summed E-state index contributed by atoms with van der Waals surface area (Å²) in [5.74, 6) is 0. The minimum absolute atomic E-state index is 0.0907. The van der Waals surface area contributed by atoms with Crippen molar-refractivity contribution in [2.24, 2.45) is 0 Å². The maximum Gasteiger partial charge on any atom is 0.266 e. The second kappa shape index (κ2) is 5.30. The minimum Gasteiger partial charge on any atom is -0.268 e. The van der Waals surface area contributed by atoms with Gasteiger partial charge in [0.1, 0.15) is 0 Å². The Labute approximate surface area is 127 Å². The Morgan fingerprint density at radius 3 is 3.10 bits per heavy atom. The Morgan fingerprint density at radius 2 is 2.30 bits per heavy atom. The quantitative estimate of drug-likeness (QED) is 0.714. The highest BCUT2D eigenvalue weighted by Gasteiger charge is 2.08. The Balaban J connectivity index is 2.10. The fourth-order valence-corrected chi connectivity index (χ4v) is 3.02. The van der Waals surface area contributed by atoms with Gasteiger partial charge in [-0.2, -0.15) is 0 Å². The highest BCUT2D eigenvalue weighted by molar-refractivity contribution is 9.15. The Hall–Kier alpha value is -1.79. The van der Waals surface area contributed by atoms with E-state index in [1.165, 1.54) is 11.3 Å². The maximum absolute atomic E-state index is 12.3. The summed E-state index contributed by atoms with van der Waals surface area (Å²) in [6, 6.07) is 5.75. The number of rotatable bonds is 2. The van der Waals surface area contributed by atoms with Gasteiger partial charge >= 0.3 is 0 Å². The van der Waals surface area contributed by atoms with Crippen LogP contribution < -0.4 is 5.56 Å². The Kier molecular flexibility index (Phi) is 3.50. The number of hydrogen-bond donors (Lipinski definition) is 0. The molecule has 0 radical (unpaired) electrons. The van der Waals surface area contributed by atoms with Gasteiger partial charge in [0.05, 0.1) is 11.3 Å². The van der Waals surface area contributed by atoms with Gasteiger partial charge in [0.2, 0.25) is 0 Å². The van der Waals surface area contributed by atoms with Crippen LogP contribution in [0.3, 0.4) is 0 Å². The zero-order valence-electron chi connectivity index (χ0n) is 10.6. The molecule has 0 fully saturated rings. The van der Waals surface area contributed by atoms with Crippen molar-refractivity contribution in [3.8, 4) is 0 Å². The van der Waals surface area contributed by atoms with Crippen molar-refractivity contribution < 1.29 is 0 Å². The van der Waals surface area contributed by atoms with Crippen LogP contribution in [0.4, 0.5) is 0 Å². The molecule has 6 heteroatoms. The summed E-state index contributed by atoms with van der Waals surface area (Å²) in [6.45, 7) is 1.93. The Bertz CT molecular complexity index is 866. The molecule has 20 heavy (non-hydrogen) atoms. The van der Waals surface area contributed by atoms with Crippen molar-refractivity contribution >= 4 is 42.8 Å². The molecule has 0 aliphatic heterocycles. The van der Waals surface area contributed by atoms with E-state index in [2.05, 4.69) is 25.9 Å². The first kappa shape index (κ1) is 13.2. The molecule has 0 aliphatic rings. The summed E-state index contributed by atoms with van der Waals surface area (Å²) < 4.78 is 2.22. The zero-order valence-corrected chi connectivity index (χ0v) is 13.0. The molecule has 0 bridgehead atoms. The summed E-state index contributed by atoms with van der Waals surface area (Å²) in [6.07, 6.45) is 5.14. The molecule has 0 atom stereocenters. The van der Waals surface area contributed by atoms with Crippen LogP contribution in [0, 0.1) is 6.92 Å². The molecular formula is C14H10BrN3OS. The molecule has 0 aromatic carbocycles. The van der Waals surface area contributed by atoms with Crippen LogP contribution >= 0.6 is 27.3 Å². The van der Waals surface area contributed by atoms with Gasteiger partial charge < -0.3 is 0 Å². The number of nitrogens with zero attached hydrogens (tertiary/aromatic N) is 3. The highest BCUT2D eigenvalue weighted by atomic mass is 79.9. The molecule has 3 aromatic rings. The van der Waals surface area contributed by atoms with Crippen LogP contribution in [-0.4, -0.2) is 14.4 Å². The molecule has 0 saturated heterocycles. The molecule has 0 spiro atoms. The molecule has 3 rings (SSSR count). The first-order chi connectivity index (χ1) is 9.65. The van der Waals surface area contributed by atoms with Gasteiger partial charge in [0.25, 0.3) is 5.56 Å². The van der Waals surface area contributed by atoms with E-state index in [1.54, 1.807) is 16.8 Å². The molecular weight excluding hydrogens is 338 g/mol. The second-order valence-corrected chi connectivity index (χ2v) is 5.96. The average Bonchev–Trinajstić information content (AvgIpc) is 2.88. The lowest BCUT2D eigenvalue weighted by Gasteiger charge is -2.01. The van der Waals surface area contributed by atoms with E-state index in [9.17, 15) is 4.79 Å². The molecule has 0 amide bonds.